The second kappa shape index (κ2) is 3.70. The first-order chi connectivity index (χ1) is 5.73. The van der Waals surface area contributed by atoms with E-state index < -0.39 is 5.79 Å². The number of aliphatic hydroxyl groups is 1. The Morgan fingerprint density at radius 3 is 2.33 bits per heavy atom. The third-order valence-electron chi connectivity index (χ3n) is 2.04. The summed E-state index contributed by atoms with van der Waals surface area (Å²) < 4.78 is 5.03. The van der Waals surface area contributed by atoms with Crippen molar-refractivity contribution in [2.75, 3.05) is 7.11 Å². The summed E-state index contributed by atoms with van der Waals surface area (Å²) in [7, 11) is 1.51. The predicted octanol–water partition coefficient (Wildman–Crippen LogP) is 1.89. The Morgan fingerprint density at radius 2 is 1.92 bits per heavy atom. The van der Waals surface area contributed by atoms with Gasteiger partial charge in [0.15, 0.2) is 5.79 Å². The van der Waals surface area contributed by atoms with E-state index in [1.165, 1.54) is 7.11 Å². The normalized spacial score (nSPS) is 15.6. The van der Waals surface area contributed by atoms with Gasteiger partial charge in [0.2, 0.25) is 0 Å². The van der Waals surface area contributed by atoms with Crippen LogP contribution in [0.5, 0.6) is 0 Å². The molecule has 2 heteroatoms. The van der Waals surface area contributed by atoms with E-state index >= 15 is 0 Å². The highest BCUT2D eigenvalue weighted by Crippen LogP contribution is 2.24. The Labute approximate surface area is 72.8 Å². The molecular weight excluding hydrogens is 152 g/mol. The molecule has 1 aromatic rings. The average Bonchev–Trinajstić information content (AvgIpc) is 2.18. The largest absolute Gasteiger partial charge is 0.362 e. The van der Waals surface area contributed by atoms with Crippen LogP contribution in [0.3, 0.4) is 0 Å². The van der Waals surface area contributed by atoms with Crippen LogP contribution >= 0.6 is 0 Å². The zero-order chi connectivity index (χ0) is 9.03. The van der Waals surface area contributed by atoms with Gasteiger partial charge in [-0.15, -0.1) is 0 Å². The van der Waals surface area contributed by atoms with Crippen LogP contribution in [0, 0.1) is 0 Å². The minimum Gasteiger partial charge on any atom is -0.362 e. The zero-order valence-electron chi connectivity index (χ0n) is 7.45. The van der Waals surface area contributed by atoms with Gasteiger partial charge < -0.3 is 9.84 Å². The molecule has 0 saturated heterocycles. The SMILES string of the molecule is CCC(O)(OC)c1ccccc1. The minimum absolute atomic E-state index is 0.549. The summed E-state index contributed by atoms with van der Waals surface area (Å²) in [5, 5.41) is 9.88. The van der Waals surface area contributed by atoms with Crippen molar-refractivity contribution < 1.29 is 9.84 Å². The Bertz CT molecular complexity index is 227. The molecule has 0 aliphatic carbocycles. The van der Waals surface area contributed by atoms with Gasteiger partial charge in [-0.05, 0) is 0 Å². The molecule has 0 aliphatic rings. The molecule has 1 unspecified atom stereocenters. The number of hydrogen-bond acceptors (Lipinski definition) is 2. The van der Waals surface area contributed by atoms with Crippen molar-refractivity contribution in [2.45, 2.75) is 19.1 Å². The first-order valence-electron chi connectivity index (χ1n) is 4.06. The Morgan fingerprint density at radius 1 is 1.33 bits per heavy atom. The molecule has 1 N–H and O–H groups in total. The Kier molecular flexibility index (Phi) is 2.84. The van der Waals surface area contributed by atoms with Gasteiger partial charge in [-0.1, -0.05) is 37.3 Å². The number of methoxy groups -OCH3 is 1. The van der Waals surface area contributed by atoms with Crippen molar-refractivity contribution in [3.63, 3.8) is 0 Å². The molecular formula is C10H14O2. The molecule has 1 aromatic carbocycles. The monoisotopic (exact) mass is 166 g/mol. The van der Waals surface area contributed by atoms with E-state index in [-0.39, 0.29) is 0 Å². The molecule has 0 saturated carbocycles. The van der Waals surface area contributed by atoms with Crippen LogP contribution in [0.2, 0.25) is 0 Å². The molecule has 12 heavy (non-hydrogen) atoms. The van der Waals surface area contributed by atoms with Gasteiger partial charge in [-0.2, -0.15) is 0 Å². The van der Waals surface area contributed by atoms with E-state index in [4.69, 9.17) is 4.74 Å². The van der Waals surface area contributed by atoms with Gasteiger partial charge in [0.1, 0.15) is 0 Å². The fourth-order valence-electron chi connectivity index (χ4n) is 1.16. The lowest BCUT2D eigenvalue weighted by Crippen LogP contribution is -2.26. The smallest absolute Gasteiger partial charge is 0.191 e. The van der Waals surface area contributed by atoms with Crippen molar-refractivity contribution in [2.24, 2.45) is 0 Å². The van der Waals surface area contributed by atoms with E-state index in [0.717, 1.165) is 5.56 Å². The average molecular weight is 166 g/mol. The van der Waals surface area contributed by atoms with E-state index in [2.05, 4.69) is 0 Å². The lowest BCUT2D eigenvalue weighted by atomic mass is 10.0. The van der Waals surface area contributed by atoms with E-state index in [0.29, 0.717) is 6.42 Å². The number of ether oxygens (including phenoxy) is 1. The molecule has 2 nitrogen and oxygen atoms in total. The lowest BCUT2D eigenvalue weighted by Gasteiger charge is -2.25. The van der Waals surface area contributed by atoms with E-state index in [1.54, 1.807) is 0 Å². The molecule has 0 heterocycles. The van der Waals surface area contributed by atoms with Crippen LogP contribution < -0.4 is 0 Å². The summed E-state index contributed by atoms with van der Waals surface area (Å²) in [4.78, 5) is 0. The van der Waals surface area contributed by atoms with E-state index in [9.17, 15) is 5.11 Å². The van der Waals surface area contributed by atoms with Crippen LogP contribution in [0.4, 0.5) is 0 Å². The maximum atomic E-state index is 9.88. The molecule has 0 fully saturated rings. The fourth-order valence-corrected chi connectivity index (χ4v) is 1.16. The highest BCUT2D eigenvalue weighted by molar-refractivity contribution is 5.19. The molecule has 0 aliphatic heterocycles. The molecule has 1 rings (SSSR count). The first-order valence-corrected chi connectivity index (χ1v) is 4.06. The summed E-state index contributed by atoms with van der Waals surface area (Å²) in [5.41, 5.74) is 0.801. The van der Waals surface area contributed by atoms with Crippen LogP contribution in [0.25, 0.3) is 0 Å². The van der Waals surface area contributed by atoms with Gasteiger partial charge in [0, 0.05) is 19.1 Å². The first kappa shape index (κ1) is 9.23. The number of rotatable bonds is 3. The van der Waals surface area contributed by atoms with E-state index in [1.807, 2.05) is 37.3 Å². The lowest BCUT2D eigenvalue weighted by molar-refractivity contribution is -0.195. The van der Waals surface area contributed by atoms with Gasteiger partial charge in [0.05, 0.1) is 0 Å². The van der Waals surface area contributed by atoms with Crippen molar-refractivity contribution in [1.82, 2.24) is 0 Å². The maximum absolute atomic E-state index is 9.88. The Hall–Kier alpha value is -0.860. The van der Waals surface area contributed by atoms with Crippen LogP contribution in [0.1, 0.15) is 18.9 Å². The zero-order valence-corrected chi connectivity index (χ0v) is 7.45. The standard InChI is InChI=1S/C10H14O2/c1-3-10(11,12-2)9-7-5-4-6-8-9/h4-8,11H,3H2,1-2H3. The van der Waals surface area contributed by atoms with Crippen LogP contribution in [-0.4, -0.2) is 12.2 Å². The molecule has 1 atom stereocenters. The topological polar surface area (TPSA) is 29.5 Å². The van der Waals surface area contributed by atoms with Gasteiger partial charge in [0.25, 0.3) is 0 Å². The number of benzene rings is 1. The molecule has 0 spiro atoms. The second-order valence-electron chi connectivity index (χ2n) is 2.71. The van der Waals surface area contributed by atoms with Crippen molar-refractivity contribution in [3.05, 3.63) is 35.9 Å². The van der Waals surface area contributed by atoms with Gasteiger partial charge in [-0.25, -0.2) is 0 Å². The van der Waals surface area contributed by atoms with Crippen molar-refractivity contribution in [3.8, 4) is 0 Å². The molecule has 66 valence electrons. The summed E-state index contributed by atoms with van der Waals surface area (Å²) in [6.45, 7) is 1.89. The number of hydrogen-bond donors (Lipinski definition) is 1. The summed E-state index contributed by atoms with van der Waals surface area (Å²) in [5.74, 6) is -1.12. The van der Waals surface area contributed by atoms with Crippen LogP contribution in [0.15, 0.2) is 30.3 Å². The van der Waals surface area contributed by atoms with Crippen molar-refractivity contribution >= 4 is 0 Å². The molecule has 0 radical (unpaired) electrons. The summed E-state index contributed by atoms with van der Waals surface area (Å²) >= 11 is 0. The van der Waals surface area contributed by atoms with Crippen molar-refractivity contribution in [1.29, 1.82) is 0 Å². The fraction of sp³-hybridized carbons (Fsp3) is 0.400. The summed E-state index contributed by atoms with van der Waals surface area (Å²) in [6, 6.07) is 9.39. The highest BCUT2D eigenvalue weighted by atomic mass is 16.6. The van der Waals surface area contributed by atoms with Gasteiger partial charge in [-0.3, -0.25) is 0 Å². The highest BCUT2D eigenvalue weighted by Gasteiger charge is 2.25. The summed E-state index contributed by atoms with van der Waals surface area (Å²) in [6.07, 6.45) is 0.549. The molecule has 0 amide bonds. The van der Waals surface area contributed by atoms with Gasteiger partial charge >= 0.3 is 0 Å². The maximum Gasteiger partial charge on any atom is 0.191 e. The second-order valence-corrected chi connectivity index (χ2v) is 2.71. The molecule has 0 aromatic heterocycles. The van der Waals surface area contributed by atoms with Crippen LogP contribution in [-0.2, 0) is 10.5 Å². The molecule has 0 bridgehead atoms. The minimum atomic E-state index is -1.12. The Balaban J connectivity index is 2.95. The quantitative estimate of drug-likeness (QED) is 0.695. The third kappa shape index (κ3) is 1.65. The predicted molar refractivity (Wildman–Crippen MR) is 47.6 cm³/mol. The third-order valence-corrected chi connectivity index (χ3v) is 2.04.